The van der Waals surface area contributed by atoms with Crippen LogP contribution in [0, 0.1) is 5.92 Å². The summed E-state index contributed by atoms with van der Waals surface area (Å²) in [4.78, 5) is 25.3. The number of benzene rings is 1. The molecule has 3 rings (SSSR count). The van der Waals surface area contributed by atoms with Crippen molar-refractivity contribution in [2.75, 3.05) is 33.4 Å². The van der Waals surface area contributed by atoms with Crippen LogP contribution in [0.5, 0.6) is 11.5 Å². The molecule has 2 aliphatic rings. The van der Waals surface area contributed by atoms with Crippen LogP contribution in [0.25, 0.3) is 0 Å². The molecule has 1 unspecified atom stereocenters. The van der Waals surface area contributed by atoms with E-state index in [2.05, 4.69) is 24.5 Å². The molecule has 148 valence electrons. The molecule has 3 N–H and O–H groups in total. The highest BCUT2D eigenvalue weighted by Gasteiger charge is 2.26. The van der Waals surface area contributed by atoms with Crippen LogP contribution in [0.4, 0.5) is 0 Å². The number of nitrogens with one attached hydrogen (secondary N) is 3. The predicted molar refractivity (Wildman–Crippen MR) is 101 cm³/mol. The highest BCUT2D eigenvalue weighted by Crippen LogP contribution is 2.34. The molecule has 1 aliphatic heterocycles. The minimum Gasteiger partial charge on any atom is -0.486 e. The van der Waals surface area contributed by atoms with Gasteiger partial charge in [-0.1, -0.05) is 19.9 Å². The average Bonchev–Trinajstić information content (AvgIpc) is 3.42. The maximum Gasteiger partial charge on any atom is 0.275 e. The zero-order chi connectivity index (χ0) is 19.4. The zero-order valence-electron chi connectivity index (χ0n) is 16.3. The Morgan fingerprint density at radius 3 is 2.44 bits per heavy atom. The minimum atomic E-state index is -0.124. The van der Waals surface area contributed by atoms with Crippen molar-refractivity contribution in [3.63, 3.8) is 0 Å². The van der Waals surface area contributed by atoms with Crippen LogP contribution in [0.2, 0.25) is 0 Å². The molecule has 0 spiro atoms. The molecular weight excluding hydrogens is 346 g/mol. The topological polar surface area (TPSA) is 81.1 Å². The Morgan fingerprint density at radius 2 is 1.78 bits per heavy atom. The summed E-state index contributed by atoms with van der Waals surface area (Å²) in [7, 11) is 1.86. The zero-order valence-corrected chi connectivity index (χ0v) is 16.3. The molecule has 0 saturated heterocycles. The molecule has 1 aliphatic carbocycles. The molecule has 2 amide bonds. The molecule has 1 heterocycles. The number of amides is 2. The first-order valence-corrected chi connectivity index (χ1v) is 9.72. The van der Waals surface area contributed by atoms with Gasteiger partial charge in [0, 0.05) is 6.04 Å². The molecule has 1 aromatic rings. The van der Waals surface area contributed by atoms with Crippen LogP contribution in [0.3, 0.4) is 0 Å². The minimum absolute atomic E-state index is 0.00930. The third-order valence-corrected chi connectivity index (χ3v) is 4.78. The van der Waals surface area contributed by atoms with E-state index in [0.29, 0.717) is 25.8 Å². The summed E-state index contributed by atoms with van der Waals surface area (Å²) in [5, 5.41) is 6.06. The number of rotatable bonds is 8. The van der Waals surface area contributed by atoms with Crippen molar-refractivity contribution in [1.29, 1.82) is 0 Å². The summed E-state index contributed by atoms with van der Waals surface area (Å²) < 4.78 is 11.2. The van der Waals surface area contributed by atoms with Gasteiger partial charge in [0.25, 0.3) is 11.8 Å². The van der Waals surface area contributed by atoms with Gasteiger partial charge in [0.1, 0.15) is 13.2 Å². The Labute approximate surface area is 160 Å². The van der Waals surface area contributed by atoms with Crippen molar-refractivity contribution < 1.29 is 24.0 Å². The molecule has 2 atom stereocenters. The van der Waals surface area contributed by atoms with Crippen molar-refractivity contribution in [2.45, 2.75) is 38.8 Å². The highest BCUT2D eigenvalue weighted by molar-refractivity contribution is 5.79. The number of quaternary nitrogens is 1. The summed E-state index contributed by atoms with van der Waals surface area (Å²) in [5.74, 6) is 1.62. The Hall–Kier alpha value is -2.28. The van der Waals surface area contributed by atoms with E-state index < -0.39 is 0 Å². The smallest absolute Gasteiger partial charge is 0.275 e. The van der Waals surface area contributed by atoms with E-state index >= 15 is 0 Å². The maximum atomic E-state index is 12.5. The van der Waals surface area contributed by atoms with E-state index in [1.165, 1.54) is 0 Å². The van der Waals surface area contributed by atoms with Crippen LogP contribution < -0.4 is 25.0 Å². The number of hydrogen-bond donors (Lipinski definition) is 3. The number of fused-ring (bicyclic) bond motifs is 1. The molecule has 0 aromatic heterocycles. The van der Waals surface area contributed by atoms with Gasteiger partial charge in [-0.05, 0) is 36.5 Å². The Balaban J connectivity index is 1.56. The second-order valence-corrected chi connectivity index (χ2v) is 7.84. The fraction of sp³-hybridized carbons (Fsp3) is 0.600. The third kappa shape index (κ3) is 5.60. The lowest BCUT2D eigenvalue weighted by Gasteiger charge is -2.26. The lowest BCUT2D eigenvalue weighted by atomic mass is 9.95. The first kappa shape index (κ1) is 19.5. The SMILES string of the molecule is CC(C)[C@@H](NC(=O)C[NH+](C)CC(=O)NC1CC1)c1ccc2c(c1)OCCO2. The molecule has 1 aromatic carbocycles. The lowest BCUT2D eigenvalue weighted by Crippen LogP contribution is -3.11. The molecule has 7 nitrogen and oxygen atoms in total. The van der Waals surface area contributed by atoms with E-state index in [1.54, 1.807) is 0 Å². The second-order valence-electron chi connectivity index (χ2n) is 7.84. The van der Waals surface area contributed by atoms with Gasteiger partial charge in [0.2, 0.25) is 0 Å². The van der Waals surface area contributed by atoms with Gasteiger partial charge in [0.15, 0.2) is 24.6 Å². The standard InChI is InChI=1S/C20H29N3O4/c1-13(2)20(14-4-7-16-17(10-14)27-9-8-26-16)22-19(25)12-23(3)11-18(24)21-15-5-6-15/h4,7,10,13,15,20H,5-6,8-9,11-12H2,1-3H3,(H,21,24)(H,22,25)/p+1/t20-/m1/s1. The number of likely N-dealkylation sites (N-methyl/N-ethyl adjacent to an activating group) is 1. The molecule has 0 radical (unpaired) electrons. The van der Waals surface area contributed by atoms with Crippen LogP contribution in [0.1, 0.15) is 38.3 Å². The van der Waals surface area contributed by atoms with Crippen molar-refractivity contribution in [2.24, 2.45) is 5.92 Å². The van der Waals surface area contributed by atoms with Crippen LogP contribution in [-0.4, -0.2) is 51.2 Å². The van der Waals surface area contributed by atoms with Gasteiger partial charge < -0.3 is 25.0 Å². The molecular formula is C20H30N3O4+. The van der Waals surface area contributed by atoms with Crippen LogP contribution in [-0.2, 0) is 9.59 Å². The number of carbonyl (C=O) groups is 2. The average molecular weight is 376 g/mol. The van der Waals surface area contributed by atoms with Crippen molar-refractivity contribution >= 4 is 11.8 Å². The van der Waals surface area contributed by atoms with Gasteiger partial charge in [-0.25, -0.2) is 0 Å². The fourth-order valence-electron chi connectivity index (χ4n) is 3.23. The fourth-order valence-corrected chi connectivity index (χ4v) is 3.23. The van der Waals surface area contributed by atoms with Gasteiger partial charge in [-0.3, -0.25) is 9.59 Å². The van der Waals surface area contributed by atoms with E-state index in [0.717, 1.165) is 34.8 Å². The monoisotopic (exact) mass is 376 g/mol. The Bertz CT molecular complexity index is 688. The largest absolute Gasteiger partial charge is 0.486 e. The quantitative estimate of drug-likeness (QED) is 0.600. The molecule has 1 saturated carbocycles. The molecule has 0 bridgehead atoms. The predicted octanol–water partition coefficient (Wildman–Crippen LogP) is 0.0644. The third-order valence-electron chi connectivity index (χ3n) is 4.78. The van der Waals surface area contributed by atoms with Gasteiger partial charge in [-0.15, -0.1) is 0 Å². The van der Waals surface area contributed by atoms with Crippen LogP contribution in [0.15, 0.2) is 18.2 Å². The van der Waals surface area contributed by atoms with Gasteiger partial charge in [0.05, 0.1) is 13.1 Å². The van der Waals surface area contributed by atoms with Gasteiger partial charge >= 0.3 is 0 Å². The lowest BCUT2D eigenvalue weighted by molar-refractivity contribution is -0.862. The van der Waals surface area contributed by atoms with Gasteiger partial charge in [-0.2, -0.15) is 0 Å². The number of ether oxygens (including phenoxy) is 2. The summed E-state index contributed by atoms with van der Waals surface area (Å²) in [6.07, 6.45) is 2.13. The summed E-state index contributed by atoms with van der Waals surface area (Å²) in [6.45, 7) is 5.79. The molecule has 27 heavy (non-hydrogen) atoms. The highest BCUT2D eigenvalue weighted by atomic mass is 16.6. The Kier molecular flexibility index (Phi) is 6.21. The summed E-state index contributed by atoms with van der Waals surface area (Å²) >= 11 is 0. The van der Waals surface area contributed by atoms with Crippen molar-refractivity contribution in [3.8, 4) is 11.5 Å². The summed E-state index contributed by atoms with van der Waals surface area (Å²) in [5.41, 5.74) is 0.992. The van der Waals surface area contributed by atoms with Crippen molar-refractivity contribution in [1.82, 2.24) is 10.6 Å². The molecule has 7 heteroatoms. The van der Waals surface area contributed by atoms with E-state index in [-0.39, 0.29) is 30.3 Å². The van der Waals surface area contributed by atoms with Crippen molar-refractivity contribution in [3.05, 3.63) is 23.8 Å². The van der Waals surface area contributed by atoms with Crippen LogP contribution >= 0.6 is 0 Å². The summed E-state index contributed by atoms with van der Waals surface area (Å²) in [6, 6.07) is 6.03. The van der Waals surface area contributed by atoms with E-state index in [4.69, 9.17) is 9.47 Å². The normalized spacial score (nSPS) is 17.9. The molecule has 1 fully saturated rings. The second kappa shape index (κ2) is 8.61. The number of carbonyl (C=O) groups excluding carboxylic acids is 2. The number of hydrogen-bond acceptors (Lipinski definition) is 4. The first-order valence-electron chi connectivity index (χ1n) is 9.72. The van der Waals surface area contributed by atoms with E-state index in [9.17, 15) is 9.59 Å². The first-order chi connectivity index (χ1) is 12.9. The Morgan fingerprint density at radius 1 is 1.11 bits per heavy atom. The maximum absolute atomic E-state index is 12.5. The van der Waals surface area contributed by atoms with E-state index in [1.807, 2.05) is 25.2 Å².